The zero-order chi connectivity index (χ0) is 14.6. The Bertz CT molecular complexity index is 465. The van der Waals surface area contributed by atoms with E-state index in [9.17, 15) is 9.90 Å². The molecule has 0 radical (unpaired) electrons. The fraction of sp³-hybridized carbons (Fsp3) is 0.562. The van der Waals surface area contributed by atoms with E-state index < -0.39 is 5.60 Å². The molecule has 0 saturated heterocycles. The maximum atomic E-state index is 11.9. The number of benzene rings is 1. The van der Waals surface area contributed by atoms with Crippen molar-refractivity contribution in [3.63, 3.8) is 0 Å². The number of anilines is 1. The molecule has 2 N–H and O–H groups in total. The Hall–Kier alpha value is -1.55. The SMILES string of the molecule is CN(C)c1cccc(CNC(=O)CC2(O)CCCC2)c1. The number of carbonyl (C=O) groups is 1. The second-order valence-electron chi connectivity index (χ2n) is 5.95. The Labute approximate surface area is 120 Å². The van der Waals surface area contributed by atoms with Crippen LogP contribution in [0.3, 0.4) is 0 Å². The van der Waals surface area contributed by atoms with E-state index in [1.165, 1.54) is 0 Å². The van der Waals surface area contributed by atoms with Crippen LogP contribution in [0, 0.1) is 0 Å². The zero-order valence-corrected chi connectivity index (χ0v) is 12.4. The lowest BCUT2D eigenvalue weighted by atomic mass is 9.97. The fourth-order valence-electron chi connectivity index (χ4n) is 2.72. The number of nitrogens with one attached hydrogen (secondary N) is 1. The van der Waals surface area contributed by atoms with Crippen molar-refractivity contribution >= 4 is 11.6 Å². The molecule has 0 aliphatic heterocycles. The maximum Gasteiger partial charge on any atom is 0.223 e. The van der Waals surface area contributed by atoms with Crippen molar-refractivity contribution in [3.8, 4) is 0 Å². The summed E-state index contributed by atoms with van der Waals surface area (Å²) in [5.74, 6) is -0.0651. The third kappa shape index (κ3) is 3.97. The molecule has 20 heavy (non-hydrogen) atoms. The number of nitrogens with zero attached hydrogens (tertiary/aromatic N) is 1. The Balaban J connectivity index is 1.85. The molecule has 1 fully saturated rings. The van der Waals surface area contributed by atoms with E-state index in [-0.39, 0.29) is 12.3 Å². The van der Waals surface area contributed by atoms with E-state index in [2.05, 4.69) is 11.4 Å². The first-order chi connectivity index (χ1) is 9.48. The van der Waals surface area contributed by atoms with Crippen LogP contribution in [0.25, 0.3) is 0 Å². The largest absolute Gasteiger partial charge is 0.389 e. The van der Waals surface area contributed by atoms with Gasteiger partial charge in [0.15, 0.2) is 0 Å². The van der Waals surface area contributed by atoms with Crippen molar-refractivity contribution in [1.29, 1.82) is 0 Å². The summed E-state index contributed by atoms with van der Waals surface area (Å²) in [4.78, 5) is 13.9. The molecule has 1 aliphatic carbocycles. The third-order valence-electron chi connectivity index (χ3n) is 3.94. The van der Waals surface area contributed by atoms with Gasteiger partial charge in [-0.2, -0.15) is 0 Å². The molecule has 0 unspecified atom stereocenters. The van der Waals surface area contributed by atoms with Gasteiger partial charge < -0.3 is 15.3 Å². The van der Waals surface area contributed by atoms with E-state index in [1.807, 2.05) is 37.2 Å². The number of aliphatic hydroxyl groups is 1. The van der Waals surface area contributed by atoms with Crippen molar-refractivity contribution < 1.29 is 9.90 Å². The van der Waals surface area contributed by atoms with Crippen molar-refractivity contribution in [1.82, 2.24) is 5.32 Å². The Kier molecular flexibility index (Phi) is 4.65. The van der Waals surface area contributed by atoms with Gasteiger partial charge in [0.2, 0.25) is 5.91 Å². The second-order valence-corrected chi connectivity index (χ2v) is 5.95. The van der Waals surface area contributed by atoms with Gasteiger partial charge >= 0.3 is 0 Å². The minimum Gasteiger partial charge on any atom is -0.389 e. The summed E-state index contributed by atoms with van der Waals surface area (Å²) in [7, 11) is 3.99. The van der Waals surface area contributed by atoms with Gasteiger partial charge in [0, 0.05) is 26.3 Å². The average Bonchev–Trinajstić information content (AvgIpc) is 2.83. The number of hydrogen-bond acceptors (Lipinski definition) is 3. The molecule has 1 amide bonds. The van der Waals surface area contributed by atoms with Crippen molar-refractivity contribution in [2.75, 3.05) is 19.0 Å². The number of amides is 1. The average molecular weight is 276 g/mol. The molecular weight excluding hydrogens is 252 g/mol. The summed E-state index contributed by atoms with van der Waals surface area (Å²) in [5, 5.41) is 13.1. The maximum absolute atomic E-state index is 11.9. The van der Waals surface area contributed by atoms with Gasteiger partial charge in [-0.3, -0.25) is 4.79 Å². The van der Waals surface area contributed by atoms with Crippen LogP contribution >= 0.6 is 0 Å². The molecule has 0 spiro atoms. The number of rotatable bonds is 5. The smallest absolute Gasteiger partial charge is 0.223 e. The highest BCUT2D eigenvalue weighted by molar-refractivity contribution is 5.77. The molecule has 0 bridgehead atoms. The summed E-state index contributed by atoms with van der Waals surface area (Å²) < 4.78 is 0. The van der Waals surface area contributed by atoms with Crippen LogP contribution in [0.5, 0.6) is 0 Å². The monoisotopic (exact) mass is 276 g/mol. The minimum absolute atomic E-state index is 0.0651. The topological polar surface area (TPSA) is 52.6 Å². The molecule has 4 nitrogen and oxygen atoms in total. The van der Waals surface area contributed by atoms with Gasteiger partial charge in [-0.05, 0) is 30.5 Å². The molecule has 110 valence electrons. The number of carbonyl (C=O) groups excluding carboxylic acids is 1. The number of hydrogen-bond donors (Lipinski definition) is 2. The van der Waals surface area contributed by atoms with Crippen molar-refractivity contribution in [3.05, 3.63) is 29.8 Å². The van der Waals surface area contributed by atoms with Crippen LogP contribution in [0.4, 0.5) is 5.69 Å². The highest BCUT2D eigenvalue weighted by atomic mass is 16.3. The Morgan fingerprint density at radius 1 is 1.35 bits per heavy atom. The Morgan fingerprint density at radius 2 is 2.05 bits per heavy atom. The first kappa shape index (κ1) is 14.9. The molecular formula is C16H24N2O2. The minimum atomic E-state index is -0.768. The zero-order valence-electron chi connectivity index (χ0n) is 12.4. The third-order valence-corrected chi connectivity index (χ3v) is 3.94. The molecule has 1 aromatic rings. The van der Waals surface area contributed by atoms with Crippen LogP contribution in [-0.4, -0.2) is 30.7 Å². The van der Waals surface area contributed by atoms with Gasteiger partial charge in [0.25, 0.3) is 0 Å². The lowest BCUT2D eigenvalue weighted by Crippen LogP contribution is -2.34. The molecule has 1 saturated carbocycles. The normalized spacial score (nSPS) is 16.9. The predicted molar refractivity (Wildman–Crippen MR) is 80.7 cm³/mol. The summed E-state index contributed by atoms with van der Waals surface area (Å²) in [5.41, 5.74) is 1.42. The van der Waals surface area contributed by atoms with Crippen molar-refractivity contribution in [2.24, 2.45) is 0 Å². The molecule has 0 atom stereocenters. The molecule has 0 heterocycles. The molecule has 4 heteroatoms. The van der Waals surface area contributed by atoms with Gasteiger partial charge in [0.1, 0.15) is 0 Å². The standard InChI is InChI=1S/C16H24N2O2/c1-18(2)14-7-5-6-13(10-14)12-17-15(19)11-16(20)8-3-4-9-16/h5-7,10,20H,3-4,8-9,11-12H2,1-2H3,(H,17,19). The highest BCUT2D eigenvalue weighted by Gasteiger charge is 2.33. The molecule has 1 aromatic carbocycles. The van der Waals surface area contributed by atoms with Gasteiger partial charge in [-0.25, -0.2) is 0 Å². The molecule has 0 aromatic heterocycles. The predicted octanol–water partition coefficient (Wildman–Crippen LogP) is 2.06. The second kappa shape index (κ2) is 6.27. The first-order valence-corrected chi connectivity index (χ1v) is 7.24. The van der Waals surface area contributed by atoms with Gasteiger partial charge in [-0.15, -0.1) is 0 Å². The summed E-state index contributed by atoms with van der Waals surface area (Å²) in [6, 6.07) is 8.08. The van der Waals surface area contributed by atoms with E-state index in [0.29, 0.717) is 6.54 Å². The lowest BCUT2D eigenvalue weighted by Gasteiger charge is -2.21. The van der Waals surface area contributed by atoms with Crippen LogP contribution in [-0.2, 0) is 11.3 Å². The van der Waals surface area contributed by atoms with Gasteiger partial charge in [0.05, 0.1) is 12.0 Å². The van der Waals surface area contributed by atoms with Crippen molar-refractivity contribution in [2.45, 2.75) is 44.2 Å². The molecule has 1 aliphatic rings. The van der Waals surface area contributed by atoms with E-state index in [1.54, 1.807) is 0 Å². The van der Waals surface area contributed by atoms with E-state index >= 15 is 0 Å². The fourth-order valence-corrected chi connectivity index (χ4v) is 2.72. The van der Waals surface area contributed by atoms with E-state index in [0.717, 1.165) is 36.9 Å². The van der Waals surface area contributed by atoms with E-state index in [4.69, 9.17) is 0 Å². The molecule has 2 rings (SSSR count). The van der Waals surface area contributed by atoms with Crippen LogP contribution < -0.4 is 10.2 Å². The summed E-state index contributed by atoms with van der Waals surface area (Å²) in [6.07, 6.45) is 3.76. The van der Waals surface area contributed by atoms with Crippen LogP contribution in [0.2, 0.25) is 0 Å². The lowest BCUT2D eigenvalue weighted by molar-refractivity contribution is -0.126. The first-order valence-electron chi connectivity index (χ1n) is 7.24. The van der Waals surface area contributed by atoms with Crippen LogP contribution in [0.1, 0.15) is 37.7 Å². The summed E-state index contributed by atoms with van der Waals surface area (Å²) in [6.45, 7) is 0.511. The van der Waals surface area contributed by atoms with Crippen LogP contribution in [0.15, 0.2) is 24.3 Å². The summed E-state index contributed by atoms with van der Waals surface area (Å²) >= 11 is 0. The Morgan fingerprint density at radius 3 is 2.70 bits per heavy atom. The van der Waals surface area contributed by atoms with Gasteiger partial charge in [-0.1, -0.05) is 25.0 Å². The highest BCUT2D eigenvalue weighted by Crippen LogP contribution is 2.32. The quantitative estimate of drug-likeness (QED) is 0.865.